The van der Waals surface area contributed by atoms with Crippen LogP contribution in [0.4, 0.5) is 102 Å². The van der Waals surface area contributed by atoms with Crippen molar-refractivity contribution < 1.29 is 56.8 Å². The molecule has 18 heteroatoms. The zero-order valence-corrected chi connectivity index (χ0v) is 83.7. The van der Waals surface area contributed by atoms with Gasteiger partial charge in [0.25, 0.3) is 0 Å². The summed E-state index contributed by atoms with van der Waals surface area (Å²) < 4.78 is 70.8. The maximum atomic E-state index is 5.90. The first-order valence-corrected chi connectivity index (χ1v) is 48.7. The number of anilines is 18. The molecule has 19 aromatic rings. The second-order valence-electron chi connectivity index (χ2n) is 36.3. The normalized spacial score (nSPS) is 12.0. The van der Waals surface area contributed by atoms with Gasteiger partial charge < -0.3 is 86.2 Å². The van der Waals surface area contributed by atoms with Crippen LogP contribution in [-0.2, 0) is 0 Å². The lowest BCUT2D eigenvalue weighted by Gasteiger charge is -2.29. The summed E-state index contributed by atoms with van der Waals surface area (Å²) in [5.74, 6) is 7.32. The van der Waals surface area contributed by atoms with E-state index in [1.807, 2.05) is 146 Å². The van der Waals surface area contributed by atoms with Crippen molar-refractivity contribution in [1.82, 2.24) is 0 Å². The fraction of sp³-hybridized carbons (Fsp3) is 0.116. The lowest BCUT2D eigenvalue weighted by atomic mass is 9.79. The van der Waals surface area contributed by atoms with Gasteiger partial charge in [0.2, 0.25) is 0 Å². The van der Waals surface area contributed by atoms with Gasteiger partial charge in [-0.05, 0) is 447 Å². The molecule has 0 aromatic heterocycles. The molecule has 0 atom stereocenters. The molecule has 0 heterocycles. The Morgan fingerprint density at radius 2 is 0.211 bits per heavy atom. The van der Waals surface area contributed by atoms with Crippen LogP contribution in [-0.4, -0.2) is 85.3 Å². The van der Waals surface area contributed by atoms with Crippen LogP contribution in [0.15, 0.2) is 419 Å². The van der Waals surface area contributed by atoms with Crippen molar-refractivity contribution in [2.24, 2.45) is 0 Å². The van der Waals surface area contributed by atoms with Crippen molar-refractivity contribution in [3.63, 3.8) is 0 Å². The first-order chi connectivity index (χ1) is 72.2. The van der Waals surface area contributed by atoms with Crippen molar-refractivity contribution in [3.8, 4) is 102 Å². The van der Waals surface area contributed by atoms with Crippen LogP contribution >= 0.6 is 0 Å². The van der Waals surface area contributed by atoms with E-state index in [9.17, 15) is 0 Å². The average molecular weight is 1930 g/mol. The van der Waals surface area contributed by atoms with Gasteiger partial charge in [-0.3, -0.25) is 0 Å². The van der Waals surface area contributed by atoms with E-state index in [4.69, 9.17) is 56.8 Å². The Balaban J connectivity index is 0.867. The maximum absolute atomic E-state index is 5.90. The monoisotopic (exact) mass is 1930 g/mol. The van der Waals surface area contributed by atoms with Crippen LogP contribution in [0.3, 0.4) is 0 Å². The fourth-order valence-electron chi connectivity index (χ4n) is 21.3. The highest BCUT2D eigenvalue weighted by atomic mass is 16.5. The van der Waals surface area contributed by atoms with E-state index in [0.29, 0.717) is 0 Å². The number of benzene rings is 19. The molecule has 0 aliphatic heterocycles. The number of rotatable bonds is 33. The third kappa shape index (κ3) is 17.9. The second kappa shape index (κ2) is 40.5. The summed E-state index contributed by atoms with van der Waals surface area (Å²) >= 11 is 0. The zero-order valence-electron chi connectivity index (χ0n) is 83.7. The van der Waals surface area contributed by atoms with Gasteiger partial charge >= 0.3 is 0 Å². The molecular weight excluding hydrogens is 1830 g/mol. The van der Waals surface area contributed by atoms with Crippen molar-refractivity contribution in [2.45, 2.75) is 17.8 Å². The lowest BCUT2D eigenvalue weighted by Crippen LogP contribution is -2.13. The Bertz CT molecular complexity index is 6490. The quantitative estimate of drug-likeness (QED) is 0.0386. The molecule has 0 radical (unpaired) electrons. The van der Waals surface area contributed by atoms with Gasteiger partial charge in [-0.1, -0.05) is 54.6 Å². The summed E-state index contributed by atoms with van der Waals surface area (Å²) in [7, 11) is 20.5. The molecule has 0 fully saturated rings. The molecule has 0 saturated carbocycles. The molecule has 22 rings (SSSR count). The Kier molecular flexibility index (Phi) is 25.8. The molecule has 0 bridgehead atoms. The minimum absolute atomic E-state index is 0.505. The first kappa shape index (κ1) is 93.5. The van der Waals surface area contributed by atoms with Gasteiger partial charge in [0, 0.05) is 120 Å². The van der Waals surface area contributed by atoms with Crippen molar-refractivity contribution in [2.75, 3.05) is 115 Å². The summed E-state index contributed by atoms with van der Waals surface area (Å²) in [6.45, 7) is 0. The molecule has 18 nitrogen and oxygen atoms in total. The van der Waals surface area contributed by atoms with Crippen LogP contribution in [0, 0.1) is 0 Å². The smallest absolute Gasteiger partial charge is 0.119 e. The fourth-order valence-corrected chi connectivity index (χ4v) is 21.3. The minimum Gasteiger partial charge on any atom is -0.497 e. The number of ether oxygens (including phenoxy) is 12. The Hall–Kier alpha value is -18.4. The van der Waals surface area contributed by atoms with E-state index in [1.54, 1.807) is 85.3 Å². The summed E-state index contributed by atoms with van der Waals surface area (Å²) in [5, 5.41) is 0. The van der Waals surface area contributed by atoms with E-state index in [-0.39, 0.29) is 0 Å². The van der Waals surface area contributed by atoms with Crippen LogP contribution in [0.5, 0.6) is 69.0 Å². The van der Waals surface area contributed by atoms with E-state index in [1.165, 1.54) is 0 Å². The highest BCUT2D eigenvalue weighted by Gasteiger charge is 2.41. The number of fused-ring (bicyclic) bond motifs is 9. The molecule has 0 spiro atoms. The third-order valence-corrected chi connectivity index (χ3v) is 28.5. The largest absolute Gasteiger partial charge is 0.497 e. The maximum Gasteiger partial charge on any atom is 0.119 e. The molecule has 0 saturated heterocycles. The summed E-state index contributed by atoms with van der Waals surface area (Å²) in [6, 6.07) is 149. The van der Waals surface area contributed by atoms with Crippen LogP contribution in [0.25, 0.3) is 33.4 Å². The predicted molar refractivity (Wildman–Crippen MR) is 592 cm³/mol. The molecule has 0 amide bonds. The molecule has 726 valence electrons. The first-order valence-electron chi connectivity index (χ1n) is 48.7. The zero-order chi connectivity index (χ0) is 100. The highest BCUT2D eigenvalue weighted by molar-refractivity contribution is 5.95. The Labute approximate surface area is 857 Å². The standard InChI is InChI=1S/C129H108N6O12/c1-136-103-43-13-85(14-44-103)130(86-15-45-104(137-2)46-16-86)97-37-67-115-116-68-38-98(131(87-17-47-105(138-3)48-18-87)88-19-49-106(139-4)50-20-88)77-122(116)127(121(115)76-97)82-73-83(128-123-78-99(132(89-21-51-107(140-5)52-22-89)90-23-53-108(141-6)54-24-90)39-69-117(123)118-70-40-100(79-124(118)128)133(91-25-55-109(142-7)56-26-91)92-27-57-110(143-8)58-28-92)75-84(74-82)129-125-80-101(134(93-29-59-111(144-9)60-30-93)94-31-61-112(145-10)62-32-94)41-71-119(125)120-72-42-102(81-126(120)129)135(95-33-63-113(146-11)64-34-95)96-35-65-114(147-12)66-36-96/h13-81,127-129H,1-12H3. The third-order valence-electron chi connectivity index (χ3n) is 28.5. The molecule has 3 aliphatic carbocycles. The molecule has 0 unspecified atom stereocenters. The van der Waals surface area contributed by atoms with E-state index >= 15 is 0 Å². The Morgan fingerprint density at radius 1 is 0.116 bits per heavy atom. The number of hydrogen-bond donors (Lipinski definition) is 0. The van der Waals surface area contributed by atoms with Gasteiger partial charge in [-0.25, -0.2) is 0 Å². The van der Waals surface area contributed by atoms with Crippen molar-refractivity contribution in [3.05, 3.63) is 469 Å². The summed E-state index contributed by atoms with van der Waals surface area (Å²) in [6.07, 6.45) is 0. The molecule has 19 aromatic carbocycles. The van der Waals surface area contributed by atoms with E-state index in [0.717, 1.165) is 255 Å². The Morgan fingerprint density at radius 3 is 0.306 bits per heavy atom. The minimum atomic E-state index is -0.505. The molecule has 0 N–H and O–H groups in total. The van der Waals surface area contributed by atoms with Crippen LogP contribution in [0.2, 0.25) is 0 Å². The second-order valence-corrected chi connectivity index (χ2v) is 36.3. The van der Waals surface area contributed by atoms with Crippen LogP contribution in [0.1, 0.15) is 67.8 Å². The molecule has 147 heavy (non-hydrogen) atoms. The van der Waals surface area contributed by atoms with Gasteiger partial charge in [0.05, 0.1) is 85.3 Å². The van der Waals surface area contributed by atoms with Gasteiger partial charge in [-0.15, -0.1) is 0 Å². The number of nitrogens with zero attached hydrogens (tertiary/aromatic N) is 6. The molecule has 3 aliphatic rings. The van der Waals surface area contributed by atoms with Gasteiger partial charge in [0.1, 0.15) is 69.0 Å². The average Bonchev–Trinajstić information content (AvgIpc) is 1.56. The van der Waals surface area contributed by atoms with Gasteiger partial charge in [-0.2, -0.15) is 0 Å². The van der Waals surface area contributed by atoms with Crippen LogP contribution < -0.4 is 86.2 Å². The van der Waals surface area contributed by atoms with Crippen molar-refractivity contribution in [1.29, 1.82) is 0 Å². The van der Waals surface area contributed by atoms with E-state index < -0.39 is 17.8 Å². The predicted octanol–water partition coefficient (Wildman–Crippen LogP) is 32.1. The molecular formula is C129H108N6O12. The van der Waals surface area contributed by atoms with E-state index in [2.05, 4.69) is 302 Å². The summed E-state index contributed by atoms with van der Waals surface area (Å²) in [5.41, 5.74) is 32.9. The number of methoxy groups -OCH3 is 12. The highest BCUT2D eigenvalue weighted by Crippen LogP contribution is 2.60. The SMILES string of the molecule is COc1ccc(N(c2ccc(OC)cc2)c2ccc3c(c2)C(c2cc(C4c5cc(N(c6ccc(OC)cc6)c6ccc(OC)cc6)ccc5-c5ccc(N(c6ccc(OC)cc6)c6ccc(OC)cc6)cc54)cc(C4c5cc(N(c6ccc(OC)cc6)c6ccc(OC)cc6)ccc5-c5ccc(N(c6ccc(OC)cc6)c6ccc(OC)cc6)cc54)c2)c2cc(N(c4ccc(OC)cc4)c4ccc(OC)cc4)ccc2-3)cc1. The van der Waals surface area contributed by atoms with Gasteiger partial charge in [0.15, 0.2) is 0 Å². The van der Waals surface area contributed by atoms with Crippen molar-refractivity contribution >= 4 is 102 Å². The lowest BCUT2D eigenvalue weighted by molar-refractivity contribution is 0.414. The topological polar surface area (TPSA) is 130 Å². The summed E-state index contributed by atoms with van der Waals surface area (Å²) in [4.78, 5) is 14.0. The number of hydrogen-bond acceptors (Lipinski definition) is 18.